The summed E-state index contributed by atoms with van der Waals surface area (Å²) in [5.41, 5.74) is 3.13. The zero-order valence-corrected chi connectivity index (χ0v) is 21.9. The molecule has 2 aromatic carbocycles. The smallest absolute Gasteiger partial charge is 0.290 e. The van der Waals surface area contributed by atoms with Gasteiger partial charge in [0.25, 0.3) is 5.91 Å². The van der Waals surface area contributed by atoms with Crippen molar-refractivity contribution in [3.63, 3.8) is 0 Å². The number of carbonyl (C=O) groups is 1. The molecule has 1 aliphatic rings. The van der Waals surface area contributed by atoms with Crippen LogP contribution in [-0.4, -0.2) is 51.4 Å². The molecule has 2 heterocycles. The van der Waals surface area contributed by atoms with Crippen LogP contribution >= 0.6 is 0 Å². The lowest BCUT2D eigenvalue weighted by Gasteiger charge is -2.26. The van der Waals surface area contributed by atoms with E-state index >= 15 is 0 Å². The van der Waals surface area contributed by atoms with Crippen molar-refractivity contribution in [1.82, 2.24) is 4.90 Å². The van der Waals surface area contributed by atoms with E-state index in [1.807, 2.05) is 39.8 Å². The molecule has 0 N–H and O–H groups in total. The van der Waals surface area contributed by atoms with Crippen molar-refractivity contribution in [2.45, 2.75) is 46.3 Å². The van der Waals surface area contributed by atoms with Crippen molar-refractivity contribution in [3.8, 4) is 17.2 Å². The molecule has 4 rings (SSSR count). The standard InChI is InChI=1S/C28H33NO7/c1-15(2)35-10-8-9-29-24(18-13-21(32-5)26(34-7)22(14-18)33-6)23-25(30)19-11-16(3)17(4)12-20(19)36-27(23)28(29)31/h11-15,24H,8-10H2,1-7H3/t24-/m1/s1. The molecule has 0 bridgehead atoms. The maximum atomic E-state index is 13.9. The molecule has 1 atom stereocenters. The number of ether oxygens (including phenoxy) is 4. The summed E-state index contributed by atoms with van der Waals surface area (Å²) >= 11 is 0. The van der Waals surface area contributed by atoms with E-state index in [1.54, 1.807) is 17.0 Å². The molecule has 8 heteroatoms. The lowest BCUT2D eigenvalue weighted by atomic mass is 9.96. The third kappa shape index (κ3) is 4.41. The van der Waals surface area contributed by atoms with Gasteiger partial charge < -0.3 is 28.3 Å². The third-order valence-corrected chi connectivity index (χ3v) is 6.58. The molecular formula is C28H33NO7. The van der Waals surface area contributed by atoms with Crippen molar-refractivity contribution >= 4 is 16.9 Å². The van der Waals surface area contributed by atoms with Gasteiger partial charge >= 0.3 is 0 Å². The highest BCUT2D eigenvalue weighted by molar-refractivity contribution is 5.99. The Morgan fingerprint density at radius 1 is 0.944 bits per heavy atom. The van der Waals surface area contributed by atoms with Crippen molar-refractivity contribution in [2.24, 2.45) is 0 Å². The number of rotatable bonds is 9. The lowest BCUT2D eigenvalue weighted by Crippen LogP contribution is -2.31. The summed E-state index contributed by atoms with van der Waals surface area (Å²) in [7, 11) is 4.59. The maximum Gasteiger partial charge on any atom is 0.290 e. The summed E-state index contributed by atoms with van der Waals surface area (Å²) < 4.78 is 28.4. The number of fused-ring (bicyclic) bond motifs is 2. The SMILES string of the molecule is COc1cc([C@@H]2c3c(oc4cc(C)c(C)cc4c3=O)C(=O)N2CCCOC(C)C)cc(OC)c1OC. The minimum atomic E-state index is -0.678. The zero-order valence-electron chi connectivity index (χ0n) is 21.9. The molecule has 36 heavy (non-hydrogen) atoms. The minimum absolute atomic E-state index is 0.0688. The molecule has 0 fully saturated rings. The number of benzene rings is 2. The van der Waals surface area contributed by atoms with Gasteiger partial charge in [-0.3, -0.25) is 9.59 Å². The molecule has 192 valence electrons. The van der Waals surface area contributed by atoms with Gasteiger partial charge in [0.2, 0.25) is 11.5 Å². The van der Waals surface area contributed by atoms with Crippen LogP contribution in [-0.2, 0) is 4.74 Å². The van der Waals surface area contributed by atoms with Gasteiger partial charge in [0.1, 0.15) is 5.58 Å². The molecular weight excluding hydrogens is 462 g/mol. The maximum absolute atomic E-state index is 13.9. The number of carbonyl (C=O) groups excluding carboxylic acids is 1. The van der Waals surface area contributed by atoms with Crippen LogP contribution < -0.4 is 19.6 Å². The van der Waals surface area contributed by atoms with Gasteiger partial charge in [-0.05, 0) is 75.1 Å². The Bertz CT molecular complexity index is 1330. The van der Waals surface area contributed by atoms with Gasteiger partial charge in [-0.15, -0.1) is 0 Å². The van der Waals surface area contributed by atoms with E-state index in [0.717, 1.165) is 11.1 Å². The van der Waals surface area contributed by atoms with Gasteiger partial charge in [-0.1, -0.05) is 0 Å². The lowest BCUT2D eigenvalue weighted by molar-refractivity contribution is 0.0593. The van der Waals surface area contributed by atoms with Crippen molar-refractivity contribution in [1.29, 1.82) is 0 Å². The number of amides is 1. The average Bonchev–Trinajstić information content (AvgIpc) is 3.13. The van der Waals surface area contributed by atoms with Crippen LogP contribution in [0.4, 0.5) is 0 Å². The fraction of sp³-hybridized carbons (Fsp3) is 0.429. The molecule has 3 aromatic rings. The molecule has 0 spiro atoms. The van der Waals surface area contributed by atoms with Crippen molar-refractivity contribution in [3.05, 3.63) is 62.5 Å². The Morgan fingerprint density at radius 2 is 1.58 bits per heavy atom. The van der Waals surface area contributed by atoms with Crippen LogP contribution in [0.2, 0.25) is 0 Å². The van der Waals surface area contributed by atoms with Crippen LogP contribution in [0.1, 0.15) is 59.1 Å². The summed E-state index contributed by atoms with van der Waals surface area (Å²) in [6, 6.07) is 6.51. The second-order valence-electron chi connectivity index (χ2n) is 9.24. The van der Waals surface area contributed by atoms with E-state index in [0.29, 0.717) is 58.9 Å². The zero-order chi connectivity index (χ0) is 26.1. The fourth-order valence-electron chi connectivity index (χ4n) is 4.67. The van der Waals surface area contributed by atoms with E-state index in [2.05, 4.69) is 0 Å². The van der Waals surface area contributed by atoms with Crippen LogP contribution in [0.25, 0.3) is 11.0 Å². The van der Waals surface area contributed by atoms with Crippen LogP contribution in [0, 0.1) is 13.8 Å². The molecule has 8 nitrogen and oxygen atoms in total. The Kier molecular flexibility index (Phi) is 7.26. The third-order valence-electron chi connectivity index (χ3n) is 6.58. The summed E-state index contributed by atoms with van der Waals surface area (Å²) in [6.07, 6.45) is 0.688. The number of hydrogen-bond acceptors (Lipinski definition) is 7. The molecule has 0 saturated carbocycles. The summed E-state index contributed by atoms with van der Waals surface area (Å²) in [5, 5.41) is 0.451. The van der Waals surface area contributed by atoms with E-state index in [4.69, 9.17) is 23.4 Å². The Balaban J connectivity index is 1.92. The van der Waals surface area contributed by atoms with Crippen molar-refractivity contribution < 1.29 is 28.2 Å². The second-order valence-corrected chi connectivity index (χ2v) is 9.24. The molecule has 0 radical (unpaired) electrons. The number of methoxy groups -OCH3 is 3. The number of nitrogens with zero attached hydrogens (tertiary/aromatic N) is 1. The van der Waals surface area contributed by atoms with E-state index in [9.17, 15) is 9.59 Å². The summed E-state index contributed by atoms with van der Waals surface area (Å²) in [5.74, 6) is 1.05. The quantitative estimate of drug-likeness (QED) is 0.394. The Hall–Kier alpha value is -3.52. The predicted molar refractivity (Wildman–Crippen MR) is 137 cm³/mol. The molecule has 1 aromatic heterocycles. The van der Waals surface area contributed by atoms with Crippen LogP contribution in [0.15, 0.2) is 33.5 Å². The van der Waals surface area contributed by atoms with E-state index < -0.39 is 6.04 Å². The Labute approximate surface area is 210 Å². The molecule has 0 saturated heterocycles. The predicted octanol–water partition coefficient (Wildman–Crippen LogP) is 4.80. The highest BCUT2D eigenvalue weighted by Crippen LogP contribution is 2.45. The molecule has 0 aliphatic carbocycles. The molecule has 0 unspecified atom stereocenters. The highest BCUT2D eigenvalue weighted by atomic mass is 16.5. The second kappa shape index (κ2) is 10.2. The highest BCUT2D eigenvalue weighted by Gasteiger charge is 2.43. The first-order valence-corrected chi connectivity index (χ1v) is 12.0. The first kappa shape index (κ1) is 25.6. The monoisotopic (exact) mass is 495 g/mol. The van der Waals surface area contributed by atoms with Gasteiger partial charge in [-0.25, -0.2) is 0 Å². The van der Waals surface area contributed by atoms with Gasteiger partial charge in [0.05, 0.1) is 44.4 Å². The normalized spacial score (nSPS) is 15.1. The Morgan fingerprint density at radius 3 is 2.17 bits per heavy atom. The largest absolute Gasteiger partial charge is 0.493 e. The van der Waals surface area contributed by atoms with Gasteiger partial charge in [0, 0.05) is 13.2 Å². The first-order valence-electron chi connectivity index (χ1n) is 12.0. The fourth-order valence-corrected chi connectivity index (χ4v) is 4.67. The molecule has 1 aliphatic heterocycles. The van der Waals surface area contributed by atoms with Crippen molar-refractivity contribution in [2.75, 3.05) is 34.5 Å². The van der Waals surface area contributed by atoms with E-state index in [-0.39, 0.29) is 23.2 Å². The average molecular weight is 496 g/mol. The number of hydrogen-bond donors (Lipinski definition) is 0. The minimum Gasteiger partial charge on any atom is -0.493 e. The summed E-state index contributed by atoms with van der Waals surface area (Å²) in [4.78, 5) is 29.2. The van der Waals surface area contributed by atoms with E-state index in [1.165, 1.54) is 21.3 Å². The first-order chi connectivity index (χ1) is 17.2. The van der Waals surface area contributed by atoms with Gasteiger partial charge in [0.15, 0.2) is 16.9 Å². The van der Waals surface area contributed by atoms with Crippen LogP contribution in [0.5, 0.6) is 17.2 Å². The molecule has 1 amide bonds. The topological polar surface area (TPSA) is 87.4 Å². The summed E-state index contributed by atoms with van der Waals surface area (Å²) in [6.45, 7) is 8.70. The van der Waals surface area contributed by atoms with Crippen LogP contribution in [0.3, 0.4) is 0 Å². The van der Waals surface area contributed by atoms with Gasteiger partial charge in [-0.2, -0.15) is 0 Å². The number of aryl methyl sites for hydroxylation is 2.